The van der Waals surface area contributed by atoms with Crippen molar-refractivity contribution in [3.63, 3.8) is 0 Å². The largest absolute Gasteiger partial charge is 0.480 e. The zero-order valence-corrected chi connectivity index (χ0v) is 13.1. The van der Waals surface area contributed by atoms with Crippen LogP contribution in [0.3, 0.4) is 0 Å². The number of carbonyl (C=O) groups is 1. The second-order valence-corrected chi connectivity index (χ2v) is 7.73. The average Bonchev–Trinajstić information content (AvgIpc) is 2.24. The molecule has 1 aromatic rings. The van der Waals surface area contributed by atoms with Crippen LogP contribution in [0.4, 0.5) is 0 Å². The van der Waals surface area contributed by atoms with E-state index in [1.54, 1.807) is 20.8 Å². The molecule has 6 nitrogen and oxygen atoms in total. The van der Waals surface area contributed by atoms with Gasteiger partial charge in [0.1, 0.15) is 10.9 Å². The molecule has 0 spiro atoms. The van der Waals surface area contributed by atoms with Gasteiger partial charge >= 0.3 is 5.97 Å². The Labute approximate surface area is 120 Å². The van der Waals surface area contributed by atoms with Gasteiger partial charge in [0.15, 0.2) is 0 Å². The first-order valence-corrected chi connectivity index (χ1v) is 7.67. The molecule has 2 N–H and O–H groups in total. The minimum Gasteiger partial charge on any atom is -0.480 e. The Morgan fingerprint density at radius 2 is 2.00 bits per heavy atom. The number of aliphatic carboxylic acids is 1. The number of rotatable bonds is 4. The van der Waals surface area contributed by atoms with Gasteiger partial charge in [-0.2, -0.15) is 4.72 Å². The summed E-state index contributed by atoms with van der Waals surface area (Å²) in [6.45, 7) is 4.94. The van der Waals surface area contributed by atoms with E-state index in [9.17, 15) is 13.2 Å². The molecule has 0 aromatic carbocycles. The van der Waals surface area contributed by atoms with Gasteiger partial charge in [-0.25, -0.2) is 8.42 Å². The summed E-state index contributed by atoms with van der Waals surface area (Å²) in [5.74, 6) is -1.22. The topological polar surface area (TPSA) is 96.4 Å². The highest BCUT2D eigenvalue weighted by molar-refractivity contribution is 9.10. The lowest BCUT2D eigenvalue weighted by molar-refractivity contribution is -0.141. The molecule has 1 rings (SSSR count). The summed E-state index contributed by atoms with van der Waals surface area (Å²) < 4.78 is 26.9. The number of carboxylic acids is 1. The van der Waals surface area contributed by atoms with Gasteiger partial charge in [-0.3, -0.25) is 9.78 Å². The molecule has 0 amide bonds. The monoisotopic (exact) mass is 350 g/mol. The SMILES string of the molecule is CC(C)(C)C(NS(=O)(=O)c1cncc(Br)c1)C(=O)O. The van der Waals surface area contributed by atoms with Crippen LogP contribution < -0.4 is 4.72 Å². The van der Waals surface area contributed by atoms with Crippen LogP contribution >= 0.6 is 15.9 Å². The molecule has 0 aliphatic carbocycles. The van der Waals surface area contributed by atoms with Crippen LogP contribution in [0.2, 0.25) is 0 Å². The molecule has 0 saturated heterocycles. The van der Waals surface area contributed by atoms with Gasteiger partial charge in [-0.15, -0.1) is 0 Å². The Balaban J connectivity index is 3.12. The lowest BCUT2D eigenvalue weighted by Crippen LogP contribution is -2.48. The fourth-order valence-corrected chi connectivity index (χ4v) is 3.26. The molecular weight excluding hydrogens is 336 g/mol. The van der Waals surface area contributed by atoms with Gasteiger partial charge in [0.2, 0.25) is 10.0 Å². The van der Waals surface area contributed by atoms with Crippen molar-refractivity contribution in [1.29, 1.82) is 0 Å². The molecule has 0 fully saturated rings. The van der Waals surface area contributed by atoms with E-state index in [0.717, 1.165) is 6.20 Å². The van der Waals surface area contributed by atoms with Crippen molar-refractivity contribution in [2.75, 3.05) is 0 Å². The van der Waals surface area contributed by atoms with Crippen molar-refractivity contribution in [3.05, 3.63) is 22.9 Å². The van der Waals surface area contributed by atoms with Gasteiger partial charge in [0.05, 0.1) is 0 Å². The lowest BCUT2D eigenvalue weighted by Gasteiger charge is -2.27. The predicted octanol–water partition coefficient (Wildman–Crippen LogP) is 1.62. The van der Waals surface area contributed by atoms with Gasteiger partial charge < -0.3 is 5.11 Å². The Bertz CT molecular complexity index is 581. The third-order valence-corrected chi connectivity index (χ3v) is 4.20. The van der Waals surface area contributed by atoms with E-state index in [0.29, 0.717) is 4.47 Å². The Morgan fingerprint density at radius 1 is 1.42 bits per heavy atom. The van der Waals surface area contributed by atoms with E-state index in [-0.39, 0.29) is 4.90 Å². The summed E-state index contributed by atoms with van der Waals surface area (Å²) in [7, 11) is -3.93. The van der Waals surface area contributed by atoms with Crippen molar-refractivity contribution in [3.8, 4) is 0 Å². The zero-order chi connectivity index (χ0) is 14.8. The highest BCUT2D eigenvalue weighted by Gasteiger charge is 2.35. The summed E-state index contributed by atoms with van der Waals surface area (Å²) in [4.78, 5) is 14.8. The molecular formula is C11H15BrN2O4S. The molecule has 1 atom stereocenters. The lowest BCUT2D eigenvalue weighted by atomic mass is 9.88. The molecule has 0 radical (unpaired) electrons. The van der Waals surface area contributed by atoms with Crippen LogP contribution in [0.15, 0.2) is 27.8 Å². The van der Waals surface area contributed by atoms with Gasteiger partial charge in [-0.1, -0.05) is 20.8 Å². The first-order chi connectivity index (χ1) is 8.54. The van der Waals surface area contributed by atoms with E-state index < -0.39 is 27.4 Å². The third-order valence-electron chi connectivity index (χ3n) is 2.38. The second-order valence-electron chi connectivity index (χ2n) is 5.10. The maximum absolute atomic E-state index is 12.1. The summed E-state index contributed by atoms with van der Waals surface area (Å²) in [5.41, 5.74) is -0.752. The Kier molecular flexibility index (Phi) is 4.70. The average molecular weight is 351 g/mol. The minimum absolute atomic E-state index is 0.0858. The molecule has 106 valence electrons. The second kappa shape index (κ2) is 5.56. The minimum atomic E-state index is -3.93. The van der Waals surface area contributed by atoms with Crippen LogP contribution in [0, 0.1) is 5.41 Å². The summed E-state index contributed by atoms with van der Waals surface area (Å²) in [6, 6.07) is 0.133. The molecule has 1 aromatic heterocycles. The van der Waals surface area contributed by atoms with Crippen LogP contribution in [0.5, 0.6) is 0 Å². The van der Waals surface area contributed by atoms with Gasteiger partial charge in [0, 0.05) is 16.9 Å². The number of hydrogen-bond acceptors (Lipinski definition) is 4. The fraction of sp³-hybridized carbons (Fsp3) is 0.455. The molecule has 1 unspecified atom stereocenters. The van der Waals surface area contributed by atoms with Crippen molar-refractivity contribution in [2.45, 2.75) is 31.7 Å². The smallest absolute Gasteiger partial charge is 0.322 e. The number of carboxylic acid groups (broad SMARTS) is 1. The van der Waals surface area contributed by atoms with Crippen LogP contribution in [0.25, 0.3) is 0 Å². The standard InChI is InChI=1S/C11H15BrN2O4S/c1-11(2,3)9(10(15)16)14-19(17,18)8-4-7(12)5-13-6-8/h4-6,9,14H,1-3H3,(H,15,16). The van der Waals surface area contributed by atoms with E-state index in [4.69, 9.17) is 5.11 Å². The fourth-order valence-electron chi connectivity index (χ4n) is 1.36. The number of halogens is 1. The zero-order valence-electron chi connectivity index (χ0n) is 10.7. The quantitative estimate of drug-likeness (QED) is 0.859. The Hall–Kier alpha value is -0.990. The molecule has 0 aliphatic heterocycles. The first-order valence-electron chi connectivity index (χ1n) is 5.40. The maximum Gasteiger partial charge on any atom is 0.322 e. The highest BCUT2D eigenvalue weighted by atomic mass is 79.9. The molecule has 0 bridgehead atoms. The van der Waals surface area contributed by atoms with Crippen LogP contribution in [-0.2, 0) is 14.8 Å². The van der Waals surface area contributed by atoms with E-state index in [1.807, 2.05) is 0 Å². The molecule has 0 saturated carbocycles. The van der Waals surface area contributed by atoms with Crippen molar-refractivity contribution < 1.29 is 18.3 Å². The molecule has 8 heteroatoms. The number of pyridine rings is 1. The first kappa shape index (κ1) is 16.1. The van der Waals surface area contributed by atoms with E-state index in [2.05, 4.69) is 25.6 Å². The van der Waals surface area contributed by atoms with Crippen molar-refractivity contribution >= 4 is 31.9 Å². The van der Waals surface area contributed by atoms with Crippen molar-refractivity contribution in [1.82, 2.24) is 9.71 Å². The number of sulfonamides is 1. The van der Waals surface area contributed by atoms with Crippen LogP contribution in [0.1, 0.15) is 20.8 Å². The highest BCUT2D eigenvalue weighted by Crippen LogP contribution is 2.22. The normalized spacial score (nSPS) is 14.1. The molecule has 19 heavy (non-hydrogen) atoms. The maximum atomic E-state index is 12.1. The van der Waals surface area contributed by atoms with Gasteiger partial charge in [0.25, 0.3) is 0 Å². The summed E-state index contributed by atoms with van der Waals surface area (Å²) in [6.07, 6.45) is 2.60. The van der Waals surface area contributed by atoms with Gasteiger partial charge in [-0.05, 0) is 27.4 Å². The van der Waals surface area contributed by atoms with E-state index in [1.165, 1.54) is 12.3 Å². The number of hydrogen-bond donors (Lipinski definition) is 2. The summed E-state index contributed by atoms with van der Waals surface area (Å²) >= 11 is 3.12. The number of nitrogens with one attached hydrogen (secondary N) is 1. The Morgan fingerprint density at radius 3 is 2.42 bits per heavy atom. The molecule has 0 aliphatic rings. The molecule has 1 heterocycles. The number of nitrogens with zero attached hydrogens (tertiary/aromatic N) is 1. The van der Waals surface area contributed by atoms with Crippen LogP contribution in [-0.4, -0.2) is 30.5 Å². The summed E-state index contributed by atoms with van der Waals surface area (Å²) in [5, 5.41) is 9.12. The number of aromatic nitrogens is 1. The third kappa shape index (κ3) is 4.26. The van der Waals surface area contributed by atoms with E-state index >= 15 is 0 Å². The predicted molar refractivity (Wildman–Crippen MR) is 73.1 cm³/mol. The van der Waals surface area contributed by atoms with Crippen molar-refractivity contribution in [2.24, 2.45) is 5.41 Å².